The minimum atomic E-state index is -0.677. The summed E-state index contributed by atoms with van der Waals surface area (Å²) in [4.78, 5) is 28.7. The molecule has 7 heteroatoms. The largest absolute Gasteiger partial charge is 0.354 e. The van der Waals surface area contributed by atoms with Crippen LogP contribution < -0.4 is 5.32 Å². The number of carbonyl (C=O) groups is 2. The molecule has 4 nitrogen and oxygen atoms in total. The summed E-state index contributed by atoms with van der Waals surface area (Å²) in [5, 5.41) is 3.60. The molecule has 0 radical (unpaired) electrons. The van der Waals surface area contributed by atoms with E-state index in [2.05, 4.69) is 5.32 Å². The molecule has 0 aliphatic carbocycles. The number of amides is 2. The van der Waals surface area contributed by atoms with Crippen molar-refractivity contribution in [2.24, 2.45) is 5.92 Å². The molecule has 36 heavy (non-hydrogen) atoms. The summed E-state index contributed by atoms with van der Waals surface area (Å²) < 4.78 is 13.2. The van der Waals surface area contributed by atoms with Crippen LogP contribution in [0.1, 0.15) is 30.5 Å². The van der Waals surface area contributed by atoms with Crippen molar-refractivity contribution in [1.29, 1.82) is 0 Å². The van der Waals surface area contributed by atoms with Crippen LogP contribution in [0.5, 0.6) is 0 Å². The minimum absolute atomic E-state index is 0.136. The van der Waals surface area contributed by atoms with Crippen molar-refractivity contribution in [3.8, 4) is 0 Å². The lowest BCUT2D eigenvalue weighted by Crippen LogP contribution is -2.51. The lowest BCUT2D eigenvalue weighted by atomic mass is 10.0. The second-order valence-corrected chi connectivity index (χ2v) is 10.5. The van der Waals surface area contributed by atoms with Gasteiger partial charge < -0.3 is 10.2 Å². The van der Waals surface area contributed by atoms with E-state index in [-0.39, 0.29) is 35.8 Å². The van der Waals surface area contributed by atoms with Crippen LogP contribution in [0, 0.1) is 11.7 Å². The van der Waals surface area contributed by atoms with Gasteiger partial charge in [0.1, 0.15) is 11.9 Å². The molecule has 0 saturated heterocycles. The molecule has 0 fully saturated rings. The Morgan fingerprint density at radius 3 is 2.31 bits per heavy atom. The van der Waals surface area contributed by atoms with E-state index in [1.807, 2.05) is 62.4 Å². The van der Waals surface area contributed by atoms with Gasteiger partial charge in [0, 0.05) is 30.3 Å². The molecular weight excluding hydrogens is 495 g/mol. The summed E-state index contributed by atoms with van der Waals surface area (Å²) in [6, 6.07) is 22.7. The number of hydrogen-bond donors (Lipinski definition) is 1. The predicted octanol–water partition coefficient (Wildman–Crippen LogP) is 6.12. The molecule has 2 amide bonds. The molecule has 3 aromatic carbocycles. The third-order valence-corrected chi connectivity index (χ3v) is 6.83. The topological polar surface area (TPSA) is 49.4 Å². The zero-order valence-corrected chi connectivity index (χ0v) is 22.2. The van der Waals surface area contributed by atoms with Gasteiger partial charge in [-0.3, -0.25) is 9.59 Å². The highest BCUT2D eigenvalue weighted by Crippen LogP contribution is 2.20. The van der Waals surface area contributed by atoms with Crippen LogP contribution in [0.3, 0.4) is 0 Å². The van der Waals surface area contributed by atoms with Gasteiger partial charge in [0.15, 0.2) is 0 Å². The third-order valence-electron chi connectivity index (χ3n) is 5.61. The molecule has 3 aromatic rings. The van der Waals surface area contributed by atoms with Crippen LogP contribution >= 0.6 is 23.4 Å². The molecular formula is C29H32ClFN2O2S. The lowest BCUT2D eigenvalue weighted by Gasteiger charge is -2.32. The quantitative estimate of drug-likeness (QED) is 0.309. The van der Waals surface area contributed by atoms with E-state index in [0.29, 0.717) is 23.7 Å². The van der Waals surface area contributed by atoms with Gasteiger partial charge in [-0.05, 0) is 46.9 Å². The Morgan fingerprint density at radius 2 is 1.64 bits per heavy atom. The average molecular weight is 527 g/mol. The Morgan fingerprint density at radius 1 is 0.944 bits per heavy atom. The first-order chi connectivity index (χ1) is 17.3. The molecule has 1 N–H and O–H groups in total. The Balaban J connectivity index is 1.83. The number of halogens is 2. The number of nitrogens with zero attached hydrogens (tertiary/aromatic N) is 1. The summed E-state index contributed by atoms with van der Waals surface area (Å²) in [6.45, 7) is 4.87. The van der Waals surface area contributed by atoms with Crippen LogP contribution in [0.15, 0.2) is 78.9 Å². The van der Waals surface area contributed by atoms with E-state index < -0.39 is 6.04 Å². The number of thioether (sulfide) groups is 1. The smallest absolute Gasteiger partial charge is 0.243 e. The Labute approximate surface area is 222 Å². The van der Waals surface area contributed by atoms with Crippen LogP contribution in [-0.4, -0.2) is 35.1 Å². The number of carbonyl (C=O) groups excluding carboxylic acids is 2. The van der Waals surface area contributed by atoms with Gasteiger partial charge in [0.05, 0.1) is 5.75 Å². The molecule has 3 rings (SSSR count). The van der Waals surface area contributed by atoms with E-state index in [9.17, 15) is 14.0 Å². The van der Waals surface area contributed by atoms with Crippen LogP contribution in [0.25, 0.3) is 0 Å². The van der Waals surface area contributed by atoms with Crippen molar-refractivity contribution >= 4 is 35.2 Å². The molecule has 0 saturated carbocycles. The Bertz CT molecular complexity index is 1130. The first-order valence-corrected chi connectivity index (χ1v) is 13.5. The second kappa shape index (κ2) is 14.0. The van der Waals surface area contributed by atoms with E-state index in [0.717, 1.165) is 16.7 Å². The molecule has 0 aromatic heterocycles. The minimum Gasteiger partial charge on any atom is -0.354 e. The van der Waals surface area contributed by atoms with Gasteiger partial charge in [0.25, 0.3) is 0 Å². The summed E-state index contributed by atoms with van der Waals surface area (Å²) >= 11 is 7.66. The average Bonchev–Trinajstić information content (AvgIpc) is 2.86. The SMILES string of the molecule is CC(C)CNC(=O)[C@@H](Cc1ccccc1)N(Cc1cccc(Cl)c1)C(=O)CSCc1ccc(F)cc1. The van der Waals surface area contributed by atoms with Gasteiger partial charge >= 0.3 is 0 Å². The number of nitrogens with one attached hydrogen (secondary N) is 1. The highest BCUT2D eigenvalue weighted by atomic mass is 35.5. The first kappa shape index (κ1) is 27.8. The van der Waals surface area contributed by atoms with Crippen molar-refractivity contribution in [2.45, 2.75) is 38.6 Å². The van der Waals surface area contributed by atoms with Gasteiger partial charge in [-0.15, -0.1) is 11.8 Å². The molecule has 190 valence electrons. The van der Waals surface area contributed by atoms with Gasteiger partial charge in [0.2, 0.25) is 11.8 Å². The Kier molecular flexibility index (Phi) is 10.8. The van der Waals surface area contributed by atoms with Gasteiger partial charge in [-0.1, -0.05) is 80.0 Å². The van der Waals surface area contributed by atoms with Crippen molar-refractivity contribution < 1.29 is 14.0 Å². The number of hydrogen-bond acceptors (Lipinski definition) is 3. The monoisotopic (exact) mass is 526 g/mol. The maximum atomic E-state index is 13.6. The molecule has 1 atom stereocenters. The maximum Gasteiger partial charge on any atom is 0.243 e. The van der Waals surface area contributed by atoms with Gasteiger partial charge in [-0.2, -0.15) is 0 Å². The standard InChI is InChI=1S/C29H32ClFN2O2S/c1-21(2)17-32-29(35)27(16-22-7-4-3-5-8-22)33(18-24-9-6-10-25(30)15-24)28(34)20-36-19-23-11-13-26(31)14-12-23/h3-15,21,27H,16-20H2,1-2H3,(H,32,35)/t27-/m1/s1. The van der Waals surface area contributed by atoms with Gasteiger partial charge in [-0.25, -0.2) is 4.39 Å². The fourth-order valence-electron chi connectivity index (χ4n) is 3.73. The zero-order valence-electron chi connectivity index (χ0n) is 20.6. The number of rotatable bonds is 12. The molecule has 0 unspecified atom stereocenters. The summed E-state index contributed by atoms with van der Waals surface area (Å²) in [6.07, 6.45) is 0.402. The fraction of sp³-hybridized carbons (Fsp3) is 0.310. The van der Waals surface area contributed by atoms with E-state index in [4.69, 9.17) is 11.6 Å². The van der Waals surface area contributed by atoms with Crippen molar-refractivity contribution in [1.82, 2.24) is 10.2 Å². The summed E-state index contributed by atoms with van der Waals surface area (Å²) in [7, 11) is 0. The number of benzene rings is 3. The lowest BCUT2D eigenvalue weighted by molar-refractivity contribution is -0.139. The molecule has 0 aliphatic rings. The summed E-state index contributed by atoms with van der Waals surface area (Å²) in [5.41, 5.74) is 2.77. The normalized spacial score (nSPS) is 11.8. The Hall–Kier alpha value is -2.83. The highest BCUT2D eigenvalue weighted by molar-refractivity contribution is 7.99. The fourth-order valence-corrected chi connectivity index (χ4v) is 4.81. The first-order valence-electron chi connectivity index (χ1n) is 12.0. The van der Waals surface area contributed by atoms with Crippen LogP contribution in [-0.2, 0) is 28.3 Å². The van der Waals surface area contributed by atoms with Crippen LogP contribution in [0.2, 0.25) is 5.02 Å². The summed E-state index contributed by atoms with van der Waals surface area (Å²) in [5.74, 6) is 0.452. The second-order valence-electron chi connectivity index (χ2n) is 9.12. The van der Waals surface area contributed by atoms with Crippen LogP contribution in [0.4, 0.5) is 4.39 Å². The van der Waals surface area contributed by atoms with Crippen molar-refractivity contribution in [2.75, 3.05) is 12.3 Å². The molecule has 0 aliphatic heterocycles. The van der Waals surface area contributed by atoms with E-state index in [1.54, 1.807) is 23.1 Å². The molecule has 0 heterocycles. The maximum absolute atomic E-state index is 13.6. The van der Waals surface area contributed by atoms with E-state index in [1.165, 1.54) is 23.9 Å². The van der Waals surface area contributed by atoms with E-state index >= 15 is 0 Å². The molecule has 0 spiro atoms. The molecule has 0 bridgehead atoms. The predicted molar refractivity (Wildman–Crippen MR) is 146 cm³/mol. The van der Waals surface area contributed by atoms with Crippen molar-refractivity contribution in [3.05, 3.63) is 106 Å². The highest BCUT2D eigenvalue weighted by Gasteiger charge is 2.30. The third kappa shape index (κ3) is 8.99. The zero-order chi connectivity index (χ0) is 25.9. The van der Waals surface area contributed by atoms with Crippen molar-refractivity contribution in [3.63, 3.8) is 0 Å².